The van der Waals surface area contributed by atoms with Gasteiger partial charge in [-0.15, -0.1) is 0 Å². The first kappa shape index (κ1) is 16.3. The highest BCUT2D eigenvalue weighted by Gasteiger charge is 2.29. The number of urea groups is 1. The number of H-pyrrole nitrogens is 1. The highest BCUT2D eigenvalue weighted by Crippen LogP contribution is 2.17. The summed E-state index contributed by atoms with van der Waals surface area (Å²) in [5.41, 5.74) is 1.72. The van der Waals surface area contributed by atoms with Crippen LogP contribution in [-0.2, 0) is 16.0 Å². The third-order valence-corrected chi connectivity index (χ3v) is 3.88. The largest absolute Gasteiger partial charge is 0.355 e. The van der Waals surface area contributed by atoms with E-state index in [0.29, 0.717) is 24.4 Å². The lowest BCUT2D eigenvalue weighted by Gasteiger charge is -2.11. The summed E-state index contributed by atoms with van der Waals surface area (Å²) < 4.78 is 0. The van der Waals surface area contributed by atoms with Crippen molar-refractivity contribution >= 4 is 40.5 Å². The Kier molecular flexibility index (Phi) is 4.66. The van der Waals surface area contributed by atoms with Crippen molar-refractivity contribution in [1.82, 2.24) is 25.5 Å². The van der Waals surface area contributed by atoms with Crippen LogP contribution in [0.5, 0.6) is 0 Å². The molecule has 126 valence electrons. The summed E-state index contributed by atoms with van der Waals surface area (Å²) in [5.74, 6) is 0.0588. The fourth-order valence-corrected chi connectivity index (χ4v) is 2.62. The molecule has 1 aliphatic heterocycles. The zero-order valence-corrected chi connectivity index (χ0v) is 13.5. The molecular weight excluding hydrogens is 334 g/mol. The van der Waals surface area contributed by atoms with Crippen molar-refractivity contribution in [3.63, 3.8) is 0 Å². The molecule has 1 fully saturated rings. The van der Waals surface area contributed by atoms with Gasteiger partial charge in [-0.25, -0.2) is 9.78 Å². The van der Waals surface area contributed by atoms with Crippen molar-refractivity contribution in [1.29, 1.82) is 0 Å². The minimum Gasteiger partial charge on any atom is -0.355 e. The summed E-state index contributed by atoms with van der Waals surface area (Å²) in [6.07, 6.45) is 1.34. The Morgan fingerprint density at radius 2 is 2.21 bits per heavy atom. The summed E-state index contributed by atoms with van der Waals surface area (Å²) in [4.78, 5) is 43.0. The molecule has 0 atom stereocenters. The number of hydrogen-bond acceptors (Lipinski definition) is 4. The van der Waals surface area contributed by atoms with Gasteiger partial charge in [0.2, 0.25) is 5.91 Å². The second-order valence-electron chi connectivity index (χ2n) is 5.44. The van der Waals surface area contributed by atoms with Gasteiger partial charge < -0.3 is 15.6 Å². The van der Waals surface area contributed by atoms with E-state index in [1.165, 1.54) is 0 Å². The predicted octanol–water partition coefficient (Wildman–Crippen LogP) is 0.817. The van der Waals surface area contributed by atoms with Gasteiger partial charge in [0.25, 0.3) is 5.91 Å². The lowest BCUT2D eigenvalue weighted by atomic mass is 10.3. The Bertz CT molecular complexity index is 788. The number of nitrogens with zero attached hydrogens (tertiary/aromatic N) is 2. The zero-order valence-electron chi connectivity index (χ0n) is 12.8. The molecule has 9 heteroatoms. The molecule has 3 N–H and O–H groups in total. The van der Waals surface area contributed by atoms with Crippen LogP contribution >= 0.6 is 11.6 Å². The minimum atomic E-state index is -0.531. The van der Waals surface area contributed by atoms with Crippen molar-refractivity contribution in [2.45, 2.75) is 12.8 Å². The van der Waals surface area contributed by atoms with Gasteiger partial charge in [0.05, 0.1) is 17.6 Å². The SMILES string of the molecule is O=C(CN1C(=O)CNC1=O)NCCCc1nc2ccc(Cl)cc2[nH]1. The maximum Gasteiger partial charge on any atom is 0.325 e. The molecule has 2 heterocycles. The Labute approximate surface area is 142 Å². The monoisotopic (exact) mass is 349 g/mol. The van der Waals surface area contributed by atoms with E-state index in [0.717, 1.165) is 21.8 Å². The third kappa shape index (κ3) is 3.65. The summed E-state index contributed by atoms with van der Waals surface area (Å²) in [6.45, 7) is 0.121. The number of fused-ring (bicyclic) bond motifs is 1. The number of amides is 4. The van der Waals surface area contributed by atoms with Crippen LogP contribution in [0.1, 0.15) is 12.2 Å². The summed E-state index contributed by atoms with van der Waals surface area (Å²) in [5, 5.41) is 5.70. The number of aromatic nitrogens is 2. The number of imidazole rings is 1. The molecule has 1 aliphatic rings. The van der Waals surface area contributed by atoms with Crippen LogP contribution in [0.15, 0.2) is 18.2 Å². The van der Waals surface area contributed by atoms with Crippen molar-refractivity contribution in [3.8, 4) is 0 Å². The van der Waals surface area contributed by atoms with Crippen LogP contribution in [-0.4, -0.2) is 52.3 Å². The number of aromatic amines is 1. The Hall–Kier alpha value is -2.61. The highest BCUT2D eigenvalue weighted by molar-refractivity contribution is 6.31. The summed E-state index contributed by atoms with van der Waals surface area (Å²) in [7, 11) is 0. The second-order valence-corrected chi connectivity index (χ2v) is 5.87. The van der Waals surface area contributed by atoms with Crippen LogP contribution < -0.4 is 10.6 Å². The fraction of sp³-hybridized carbons (Fsp3) is 0.333. The number of halogens is 1. The number of aryl methyl sites for hydroxylation is 1. The van der Waals surface area contributed by atoms with E-state index in [2.05, 4.69) is 20.6 Å². The fourth-order valence-electron chi connectivity index (χ4n) is 2.45. The first-order valence-electron chi connectivity index (χ1n) is 7.52. The van der Waals surface area contributed by atoms with Crippen molar-refractivity contribution < 1.29 is 14.4 Å². The first-order valence-corrected chi connectivity index (χ1v) is 7.90. The molecule has 4 amide bonds. The first-order chi connectivity index (χ1) is 11.5. The maximum absolute atomic E-state index is 11.8. The second kappa shape index (κ2) is 6.88. The average molecular weight is 350 g/mol. The van der Waals surface area contributed by atoms with Gasteiger partial charge in [-0.2, -0.15) is 0 Å². The van der Waals surface area contributed by atoms with E-state index < -0.39 is 11.9 Å². The van der Waals surface area contributed by atoms with Gasteiger partial charge in [0.15, 0.2) is 0 Å². The molecule has 0 radical (unpaired) electrons. The normalized spacial score (nSPS) is 14.3. The number of hydrogen-bond donors (Lipinski definition) is 3. The molecule has 1 aromatic heterocycles. The lowest BCUT2D eigenvalue weighted by Crippen LogP contribution is -2.41. The molecule has 3 rings (SSSR count). The van der Waals surface area contributed by atoms with Crippen LogP contribution in [0.4, 0.5) is 4.79 Å². The number of nitrogens with one attached hydrogen (secondary N) is 3. The van der Waals surface area contributed by atoms with Crippen molar-refractivity contribution in [2.24, 2.45) is 0 Å². The average Bonchev–Trinajstić information content (AvgIpc) is 3.08. The molecule has 0 spiro atoms. The minimum absolute atomic E-state index is 0.0534. The number of benzene rings is 1. The quantitative estimate of drug-likeness (QED) is 0.530. The lowest BCUT2D eigenvalue weighted by molar-refractivity contribution is -0.130. The molecule has 2 aromatic rings. The van der Waals surface area contributed by atoms with E-state index in [-0.39, 0.29) is 19.0 Å². The Morgan fingerprint density at radius 1 is 1.38 bits per heavy atom. The summed E-state index contributed by atoms with van der Waals surface area (Å²) in [6, 6.07) is 4.91. The van der Waals surface area contributed by atoms with Gasteiger partial charge >= 0.3 is 6.03 Å². The van der Waals surface area contributed by atoms with E-state index in [1.54, 1.807) is 6.07 Å². The molecule has 0 aliphatic carbocycles. The smallest absolute Gasteiger partial charge is 0.325 e. The van der Waals surface area contributed by atoms with Crippen molar-refractivity contribution in [2.75, 3.05) is 19.6 Å². The van der Waals surface area contributed by atoms with Crippen molar-refractivity contribution in [3.05, 3.63) is 29.0 Å². The molecule has 0 saturated carbocycles. The number of imide groups is 1. The van der Waals surface area contributed by atoms with Gasteiger partial charge in [0.1, 0.15) is 12.4 Å². The third-order valence-electron chi connectivity index (χ3n) is 3.64. The standard InChI is InChI=1S/C15H16ClN5O3/c16-9-3-4-10-11(6-9)20-12(19-10)2-1-5-17-13(22)8-21-14(23)7-18-15(21)24/h3-4,6H,1-2,5,7-8H2,(H,17,22)(H,18,24)(H,19,20). The van der Waals surface area contributed by atoms with Crippen LogP contribution in [0.2, 0.25) is 5.02 Å². The van der Waals surface area contributed by atoms with Gasteiger partial charge in [-0.05, 0) is 24.6 Å². The van der Waals surface area contributed by atoms with Crippen LogP contribution in [0.3, 0.4) is 0 Å². The topological polar surface area (TPSA) is 107 Å². The van der Waals surface area contributed by atoms with E-state index >= 15 is 0 Å². The molecule has 0 unspecified atom stereocenters. The molecular formula is C15H16ClN5O3. The van der Waals surface area contributed by atoms with Gasteiger partial charge in [-0.1, -0.05) is 11.6 Å². The highest BCUT2D eigenvalue weighted by atomic mass is 35.5. The molecule has 1 saturated heterocycles. The molecule has 24 heavy (non-hydrogen) atoms. The van der Waals surface area contributed by atoms with E-state index in [9.17, 15) is 14.4 Å². The molecule has 0 bridgehead atoms. The zero-order chi connectivity index (χ0) is 17.1. The maximum atomic E-state index is 11.8. The van der Waals surface area contributed by atoms with Gasteiger partial charge in [0, 0.05) is 18.0 Å². The van der Waals surface area contributed by atoms with E-state index in [1.807, 2.05) is 12.1 Å². The summed E-state index contributed by atoms with van der Waals surface area (Å²) >= 11 is 5.93. The van der Waals surface area contributed by atoms with E-state index in [4.69, 9.17) is 11.6 Å². The molecule has 1 aromatic carbocycles. The van der Waals surface area contributed by atoms with Crippen LogP contribution in [0.25, 0.3) is 11.0 Å². The Balaban J connectivity index is 1.43. The Morgan fingerprint density at radius 3 is 2.96 bits per heavy atom. The predicted molar refractivity (Wildman–Crippen MR) is 87.5 cm³/mol. The van der Waals surface area contributed by atoms with Crippen LogP contribution in [0, 0.1) is 0 Å². The van der Waals surface area contributed by atoms with Gasteiger partial charge in [-0.3, -0.25) is 14.5 Å². The number of rotatable bonds is 6. The molecule has 8 nitrogen and oxygen atoms in total. The number of carbonyl (C=O) groups is 3. The number of carbonyl (C=O) groups excluding carboxylic acids is 3.